The summed E-state index contributed by atoms with van der Waals surface area (Å²) in [5.74, 6) is 0.937. The van der Waals surface area contributed by atoms with Gasteiger partial charge in [-0.25, -0.2) is 14.4 Å². The second-order valence-corrected chi connectivity index (χ2v) is 13.4. The van der Waals surface area contributed by atoms with Crippen molar-refractivity contribution >= 4 is 44.7 Å². The van der Waals surface area contributed by atoms with Crippen molar-refractivity contribution in [2.24, 2.45) is 0 Å². The highest BCUT2D eigenvalue weighted by Crippen LogP contribution is 2.44. The molecule has 0 unspecified atom stereocenters. The summed E-state index contributed by atoms with van der Waals surface area (Å²) in [5, 5.41) is 19.3. The molecule has 4 heterocycles. The van der Waals surface area contributed by atoms with Gasteiger partial charge in [0.2, 0.25) is 5.69 Å². The largest absolute Gasteiger partial charge is 0.487 e. The molecule has 1 fully saturated rings. The number of benzene rings is 2. The molecular formula is C34H38ClFN7O3S+. The van der Waals surface area contributed by atoms with E-state index >= 15 is 0 Å². The van der Waals surface area contributed by atoms with Crippen molar-refractivity contribution in [1.82, 2.24) is 24.9 Å². The van der Waals surface area contributed by atoms with Crippen LogP contribution in [0.3, 0.4) is 0 Å². The van der Waals surface area contributed by atoms with E-state index in [-0.39, 0.29) is 12.4 Å². The molecule has 0 bridgehead atoms. The number of ether oxygens (including phenoxy) is 2. The molecular weight excluding hydrogens is 641 g/mol. The second kappa shape index (κ2) is 14.2. The lowest BCUT2D eigenvalue weighted by Gasteiger charge is -2.35. The summed E-state index contributed by atoms with van der Waals surface area (Å²) < 4.78 is 26.7. The van der Waals surface area contributed by atoms with Crippen molar-refractivity contribution in [3.05, 3.63) is 82.6 Å². The number of halogens is 2. The molecule has 1 aliphatic heterocycles. The van der Waals surface area contributed by atoms with Crippen LogP contribution in [0.5, 0.6) is 5.75 Å². The number of fused-ring (bicyclic) bond motifs is 5. The number of rotatable bonds is 12. The highest BCUT2D eigenvalue weighted by atomic mass is 35.5. The van der Waals surface area contributed by atoms with E-state index in [2.05, 4.69) is 34.9 Å². The Morgan fingerprint density at radius 2 is 1.98 bits per heavy atom. The van der Waals surface area contributed by atoms with E-state index in [0.717, 1.165) is 85.0 Å². The van der Waals surface area contributed by atoms with E-state index in [1.807, 2.05) is 18.3 Å². The number of nitrogens with one attached hydrogen (secondary N) is 2. The number of anilines is 2. The lowest BCUT2D eigenvalue weighted by atomic mass is 9.95. The number of methoxy groups -OCH3 is 1. The molecule has 3 N–H and O–H groups in total. The van der Waals surface area contributed by atoms with Gasteiger partial charge in [0.05, 0.1) is 28.8 Å². The zero-order chi connectivity index (χ0) is 32.3. The Hall–Kier alpha value is -3.65. The minimum atomic E-state index is -0.469. The molecule has 1 saturated heterocycles. The predicted molar refractivity (Wildman–Crippen MR) is 181 cm³/mol. The van der Waals surface area contributed by atoms with Gasteiger partial charge in [-0.15, -0.1) is 16.0 Å². The van der Waals surface area contributed by atoms with Crippen LogP contribution in [0.15, 0.2) is 55.0 Å². The van der Waals surface area contributed by atoms with Crippen LogP contribution in [0, 0.1) is 5.82 Å². The molecule has 0 amide bonds. The van der Waals surface area contributed by atoms with E-state index in [1.54, 1.807) is 43.0 Å². The van der Waals surface area contributed by atoms with Crippen LogP contribution in [0.25, 0.3) is 20.7 Å². The van der Waals surface area contributed by atoms with Crippen LogP contribution in [0.1, 0.15) is 16.8 Å². The highest BCUT2D eigenvalue weighted by molar-refractivity contribution is 7.22. The summed E-state index contributed by atoms with van der Waals surface area (Å²) in [4.78, 5) is 16.1. The maximum absolute atomic E-state index is 13.5. The molecule has 5 aromatic rings. The van der Waals surface area contributed by atoms with Gasteiger partial charge in [-0.1, -0.05) is 23.7 Å². The molecule has 1 aliphatic carbocycles. The first-order valence-corrected chi connectivity index (χ1v) is 17.1. The monoisotopic (exact) mass is 678 g/mol. The number of hydrogen-bond donors (Lipinski definition) is 3. The SMILES string of the molecule is COCCN1CCN(C[C@@H](O)C[n+]2[nH]cc3c2CCc2c-3sc3ncnc(Nc4ccc(OCc5cccc(F)c5)c(Cl)c4)c23)CC1. The van der Waals surface area contributed by atoms with Crippen LogP contribution < -0.4 is 14.7 Å². The van der Waals surface area contributed by atoms with Gasteiger partial charge in [0.15, 0.2) is 6.54 Å². The number of aromatic nitrogens is 4. The first-order valence-electron chi connectivity index (χ1n) is 15.9. The molecule has 246 valence electrons. The summed E-state index contributed by atoms with van der Waals surface area (Å²) >= 11 is 8.24. The topological polar surface area (TPSA) is 103 Å². The number of β-amino-alcohol motifs (C(OH)–C–C–N with tert-alkyl or cyclic N) is 1. The molecule has 0 radical (unpaired) electrons. The fraction of sp³-hybridized carbons (Fsp3) is 0.382. The van der Waals surface area contributed by atoms with Crippen LogP contribution in [-0.4, -0.2) is 89.1 Å². The van der Waals surface area contributed by atoms with Crippen molar-refractivity contribution in [2.45, 2.75) is 32.1 Å². The number of aryl methyl sites for hydroxylation is 1. The Balaban J connectivity index is 1.03. The number of H-pyrrole nitrogens is 1. The van der Waals surface area contributed by atoms with Gasteiger partial charge in [-0.05, 0) is 47.9 Å². The number of piperazine rings is 1. The third kappa shape index (κ3) is 7.13. The van der Waals surface area contributed by atoms with Crippen molar-refractivity contribution in [2.75, 3.05) is 58.3 Å². The quantitative estimate of drug-likeness (QED) is 0.162. The van der Waals surface area contributed by atoms with E-state index in [4.69, 9.17) is 21.1 Å². The Morgan fingerprint density at radius 3 is 2.79 bits per heavy atom. The zero-order valence-electron chi connectivity index (χ0n) is 26.2. The van der Waals surface area contributed by atoms with E-state index < -0.39 is 6.10 Å². The number of aromatic amines is 1. The molecule has 0 saturated carbocycles. The maximum Gasteiger partial charge on any atom is 0.216 e. The molecule has 2 aliphatic rings. The van der Waals surface area contributed by atoms with Crippen molar-refractivity contribution in [1.29, 1.82) is 0 Å². The first kappa shape index (κ1) is 31.9. The lowest BCUT2D eigenvalue weighted by molar-refractivity contribution is -0.761. The summed E-state index contributed by atoms with van der Waals surface area (Å²) in [5.41, 5.74) is 5.08. The molecule has 0 spiro atoms. The van der Waals surface area contributed by atoms with Crippen molar-refractivity contribution < 1.29 is 23.7 Å². The van der Waals surface area contributed by atoms with Gasteiger partial charge in [0, 0.05) is 63.4 Å². The molecule has 10 nitrogen and oxygen atoms in total. The van der Waals surface area contributed by atoms with Gasteiger partial charge in [-0.3, -0.25) is 9.80 Å². The molecule has 47 heavy (non-hydrogen) atoms. The van der Waals surface area contributed by atoms with E-state index in [1.165, 1.54) is 28.3 Å². The fourth-order valence-corrected chi connectivity index (χ4v) is 7.93. The van der Waals surface area contributed by atoms with E-state index in [0.29, 0.717) is 23.9 Å². The summed E-state index contributed by atoms with van der Waals surface area (Å²) in [6.45, 7) is 7.01. The molecule has 2 aromatic carbocycles. The maximum atomic E-state index is 13.5. The molecule has 13 heteroatoms. The summed E-state index contributed by atoms with van der Waals surface area (Å²) in [6, 6.07) is 11.8. The van der Waals surface area contributed by atoms with E-state index in [9.17, 15) is 9.50 Å². The predicted octanol–water partition coefficient (Wildman–Crippen LogP) is 4.81. The van der Waals surface area contributed by atoms with Crippen LogP contribution >= 0.6 is 22.9 Å². The lowest BCUT2D eigenvalue weighted by Crippen LogP contribution is -2.52. The highest BCUT2D eigenvalue weighted by Gasteiger charge is 2.32. The van der Waals surface area contributed by atoms with Gasteiger partial charge in [0.1, 0.15) is 41.3 Å². The average Bonchev–Trinajstić information content (AvgIpc) is 3.66. The zero-order valence-corrected chi connectivity index (χ0v) is 27.8. The average molecular weight is 679 g/mol. The summed E-state index contributed by atoms with van der Waals surface area (Å²) in [6.07, 6.45) is 4.85. The number of aliphatic hydroxyl groups is 1. The molecule has 3 aromatic heterocycles. The van der Waals surface area contributed by atoms with Crippen LogP contribution in [0.4, 0.5) is 15.9 Å². The fourth-order valence-electron chi connectivity index (χ4n) is 6.47. The first-order chi connectivity index (χ1) is 22.9. The third-order valence-electron chi connectivity index (χ3n) is 8.86. The van der Waals surface area contributed by atoms with Gasteiger partial charge >= 0.3 is 0 Å². The number of thiophene rings is 1. The van der Waals surface area contributed by atoms with Crippen molar-refractivity contribution in [3.63, 3.8) is 0 Å². The minimum Gasteiger partial charge on any atom is -0.487 e. The number of hydrogen-bond acceptors (Lipinski definition) is 9. The van der Waals surface area contributed by atoms with Gasteiger partial charge < -0.3 is 19.9 Å². The Bertz CT molecular complexity index is 1860. The molecule has 7 rings (SSSR count). The Kier molecular flexibility index (Phi) is 9.66. The second-order valence-electron chi connectivity index (χ2n) is 12.0. The minimum absolute atomic E-state index is 0.213. The smallest absolute Gasteiger partial charge is 0.216 e. The normalized spacial score (nSPS) is 15.8. The Labute approximate surface area is 281 Å². The van der Waals surface area contributed by atoms with Gasteiger partial charge in [0.25, 0.3) is 0 Å². The van der Waals surface area contributed by atoms with Gasteiger partial charge in [-0.2, -0.15) is 5.10 Å². The Morgan fingerprint density at radius 1 is 1.13 bits per heavy atom. The standard InChI is InChI=1S/C34H37ClFN7O3S/c1-45-14-13-41-9-11-42(12-10-41)18-25(44)19-43-29-7-6-26-31-33(37-21-38-34(31)47-32(26)27(29)17-39-43)40-24-5-8-30(28(35)16-24)46-20-22-3-2-4-23(36)15-22/h2-5,8,15-17,21,25,44H,6-7,9-14,18-20H2,1H3,(H,37,38,40)/p+1/t25-/m1/s1. The molecule has 1 atom stereocenters. The summed E-state index contributed by atoms with van der Waals surface area (Å²) in [7, 11) is 1.74. The van der Waals surface area contributed by atoms with Crippen LogP contribution in [0.2, 0.25) is 5.02 Å². The third-order valence-corrected chi connectivity index (χ3v) is 10.3. The number of aliphatic hydroxyl groups excluding tert-OH is 1. The van der Waals surface area contributed by atoms with Crippen LogP contribution in [-0.2, 0) is 30.7 Å². The number of nitrogens with zero attached hydrogens (tertiary/aromatic N) is 5. The van der Waals surface area contributed by atoms with Crippen molar-refractivity contribution in [3.8, 4) is 16.2 Å².